The largest absolute Gasteiger partial charge is 0.375 e. The number of alkyl halides is 3. The van der Waals surface area contributed by atoms with Crippen LogP contribution in [0.5, 0.6) is 0 Å². The molecule has 0 spiro atoms. The summed E-state index contributed by atoms with van der Waals surface area (Å²) in [5.74, 6) is 0. The van der Waals surface area contributed by atoms with Gasteiger partial charge in [0, 0.05) is 4.90 Å². The zero-order valence-corrected chi connectivity index (χ0v) is 8.58. The first-order valence-electron chi connectivity index (χ1n) is 3.73. The van der Waals surface area contributed by atoms with Crippen molar-refractivity contribution in [2.24, 2.45) is 0 Å². The summed E-state index contributed by atoms with van der Waals surface area (Å²) in [6, 6.07) is 8.28. The number of halogens is 3. The van der Waals surface area contributed by atoms with E-state index in [9.17, 15) is 8.78 Å². The number of hydrogen-bond acceptors (Lipinski definition) is 2. The molecule has 0 fully saturated rings. The maximum atomic E-state index is 12.3. The van der Waals surface area contributed by atoms with E-state index < -0.39 is 4.71 Å². The summed E-state index contributed by atoms with van der Waals surface area (Å²) >= 11 is 5.02. The van der Waals surface area contributed by atoms with Crippen LogP contribution in [0, 0.1) is 11.3 Å². The average Bonchev–Trinajstić information content (AvgIpc) is 2.06. The molecule has 1 rings (SSSR count). The molecule has 0 saturated carbocycles. The van der Waals surface area contributed by atoms with E-state index in [2.05, 4.69) is 0 Å². The van der Waals surface area contributed by atoms with Crippen LogP contribution in [0.15, 0.2) is 29.2 Å². The van der Waals surface area contributed by atoms with Gasteiger partial charge in [-0.3, -0.25) is 0 Å². The van der Waals surface area contributed by atoms with Crippen molar-refractivity contribution < 1.29 is 8.78 Å². The van der Waals surface area contributed by atoms with Crippen molar-refractivity contribution in [1.82, 2.24) is 0 Å². The van der Waals surface area contributed by atoms with Crippen LogP contribution in [-0.4, -0.2) is 4.71 Å². The van der Waals surface area contributed by atoms with Crippen LogP contribution in [0.2, 0.25) is 0 Å². The number of hydrogen-bond donors (Lipinski definition) is 0. The van der Waals surface area contributed by atoms with Crippen molar-refractivity contribution in [2.75, 3.05) is 0 Å². The van der Waals surface area contributed by atoms with Gasteiger partial charge in [-0.2, -0.15) is 14.0 Å². The zero-order chi connectivity index (χ0) is 10.6. The minimum Gasteiger partial charge on any atom is -0.198 e. The number of nitrogens with zero attached hydrogens (tertiary/aromatic N) is 1. The minimum atomic E-state index is -3.28. The summed E-state index contributed by atoms with van der Waals surface area (Å²) in [6.07, 6.45) is 0.280. The lowest BCUT2D eigenvalue weighted by molar-refractivity contribution is 0.203. The monoisotopic (exact) mass is 233 g/mol. The maximum Gasteiger partial charge on any atom is 0.375 e. The highest BCUT2D eigenvalue weighted by atomic mass is 35.5. The molecule has 0 atom stereocenters. The second kappa shape index (κ2) is 4.63. The van der Waals surface area contributed by atoms with Crippen molar-refractivity contribution >= 4 is 23.4 Å². The fourth-order valence-electron chi connectivity index (χ4n) is 0.900. The van der Waals surface area contributed by atoms with E-state index in [0.29, 0.717) is 4.90 Å². The normalized spacial score (nSPS) is 11.0. The highest BCUT2D eigenvalue weighted by Gasteiger charge is 2.26. The smallest absolute Gasteiger partial charge is 0.198 e. The molecule has 5 heteroatoms. The predicted octanol–water partition coefficient (Wildman–Crippen LogP) is 3.63. The predicted molar refractivity (Wildman–Crippen MR) is 52.4 cm³/mol. The second-order valence-electron chi connectivity index (χ2n) is 2.53. The van der Waals surface area contributed by atoms with E-state index >= 15 is 0 Å². The Balaban J connectivity index is 2.70. The molecule has 0 aliphatic rings. The molecule has 14 heavy (non-hydrogen) atoms. The summed E-state index contributed by atoms with van der Waals surface area (Å²) in [5.41, 5.74) is 0.801. The van der Waals surface area contributed by atoms with Crippen LogP contribution in [0.25, 0.3) is 0 Å². The van der Waals surface area contributed by atoms with Crippen molar-refractivity contribution in [1.29, 1.82) is 5.26 Å². The number of rotatable bonds is 3. The molecule has 0 aromatic heterocycles. The molecule has 0 radical (unpaired) electrons. The quantitative estimate of drug-likeness (QED) is 0.588. The van der Waals surface area contributed by atoms with Gasteiger partial charge in [0.2, 0.25) is 0 Å². The first kappa shape index (κ1) is 11.3. The fraction of sp³-hybridized carbons (Fsp3) is 0.222. The third kappa shape index (κ3) is 3.95. The van der Waals surface area contributed by atoms with Gasteiger partial charge >= 0.3 is 4.71 Å². The molecule has 1 aromatic rings. The van der Waals surface area contributed by atoms with Gasteiger partial charge in [-0.1, -0.05) is 12.1 Å². The fourth-order valence-corrected chi connectivity index (χ4v) is 1.71. The molecular weight excluding hydrogens is 228 g/mol. The standard InChI is InChI=1S/C9H6ClF2NS/c10-9(11,12)14-8-3-1-7(2-4-8)5-6-13/h1-4H,5H2. The average molecular weight is 234 g/mol. The Morgan fingerprint density at radius 1 is 1.36 bits per heavy atom. The first-order valence-corrected chi connectivity index (χ1v) is 4.92. The van der Waals surface area contributed by atoms with Gasteiger partial charge in [-0.05, 0) is 41.1 Å². The number of thioether (sulfide) groups is 1. The summed E-state index contributed by atoms with van der Waals surface area (Å²) < 4.78 is 21.4. The van der Waals surface area contributed by atoms with Gasteiger partial charge in [-0.15, -0.1) is 0 Å². The van der Waals surface area contributed by atoms with Gasteiger partial charge in [0.15, 0.2) is 0 Å². The highest BCUT2D eigenvalue weighted by Crippen LogP contribution is 2.38. The molecule has 0 aliphatic carbocycles. The topological polar surface area (TPSA) is 23.8 Å². The Labute approximate surface area is 89.7 Å². The lowest BCUT2D eigenvalue weighted by Gasteiger charge is -2.06. The summed E-state index contributed by atoms with van der Waals surface area (Å²) in [4.78, 5) is 0.381. The number of nitriles is 1. The Kier molecular flexibility index (Phi) is 3.73. The Hall–Kier alpha value is -0.790. The molecule has 0 saturated heterocycles. The molecule has 0 aliphatic heterocycles. The molecular formula is C9H6ClF2NS. The molecule has 0 bridgehead atoms. The second-order valence-corrected chi connectivity index (χ2v) is 4.41. The molecule has 0 N–H and O–H groups in total. The lowest BCUT2D eigenvalue weighted by Crippen LogP contribution is -1.96. The molecule has 0 heterocycles. The summed E-state index contributed by atoms with van der Waals surface area (Å²) in [7, 11) is 0. The summed E-state index contributed by atoms with van der Waals surface area (Å²) in [6.45, 7) is 0. The zero-order valence-electron chi connectivity index (χ0n) is 7.01. The van der Waals surface area contributed by atoms with E-state index in [-0.39, 0.29) is 18.2 Å². The maximum absolute atomic E-state index is 12.3. The molecule has 0 unspecified atom stereocenters. The number of benzene rings is 1. The van der Waals surface area contributed by atoms with Crippen LogP contribution >= 0.6 is 23.4 Å². The van der Waals surface area contributed by atoms with Crippen LogP contribution in [0.4, 0.5) is 8.78 Å². The molecule has 1 aromatic carbocycles. The lowest BCUT2D eigenvalue weighted by atomic mass is 10.2. The Morgan fingerprint density at radius 2 is 1.93 bits per heavy atom. The molecule has 0 amide bonds. The van der Waals surface area contributed by atoms with Crippen LogP contribution in [0.3, 0.4) is 0 Å². The van der Waals surface area contributed by atoms with Crippen molar-refractivity contribution in [3.63, 3.8) is 0 Å². The molecule has 1 nitrogen and oxygen atoms in total. The van der Waals surface area contributed by atoms with Gasteiger partial charge < -0.3 is 0 Å². The molecule has 74 valence electrons. The third-order valence-electron chi connectivity index (χ3n) is 1.44. The summed E-state index contributed by atoms with van der Waals surface area (Å²) in [5, 5.41) is 8.38. The van der Waals surface area contributed by atoms with Gasteiger partial charge in [0.05, 0.1) is 12.5 Å². The van der Waals surface area contributed by atoms with E-state index in [1.807, 2.05) is 6.07 Å². The SMILES string of the molecule is N#CCc1ccc(SC(F)(F)Cl)cc1. The first-order chi connectivity index (χ1) is 6.51. The van der Waals surface area contributed by atoms with E-state index in [0.717, 1.165) is 5.56 Å². The van der Waals surface area contributed by atoms with Gasteiger partial charge in [-0.25, -0.2) is 0 Å². The van der Waals surface area contributed by atoms with Crippen molar-refractivity contribution in [2.45, 2.75) is 16.0 Å². The van der Waals surface area contributed by atoms with Gasteiger partial charge in [0.25, 0.3) is 0 Å². The van der Waals surface area contributed by atoms with Crippen molar-refractivity contribution in [3.8, 4) is 6.07 Å². The van der Waals surface area contributed by atoms with Crippen LogP contribution in [-0.2, 0) is 6.42 Å². The van der Waals surface area contributed by atoms with E-state index in [4.69, 9.17) is 16.9 Å². The van der Waals surface area contributed by atoms with Crippen LogP contribution in [0.1, 0.15) is 5.56 Å². The minimum absolute atomic E-state index is 0.277. The Bertz CT molecular complexity index is 339. The van der Waals surface area contributed by atoms with Gasteiger partial charge in [0.1, 0.15) is 0 Å². The highest BCUT2D eigenvalue weighted by molar-refractivity contribution is 8.01. The third-order valence-corrected chi connectivity index (χ3v) is 2.41. The van der Waals surface area contributed by atoms with Crippen molar-refractivity contribution in [3.05, 3.63) is 29.8 Å². The van der Waals surface area contributed by atoms with E-state index in [1.54, 1.807) is 12.1 Å². The Morgan fingerprint density at radius 3 is 2.36 bits per heavy atom. The van der Waals surface area contributed by atoms with Crippen LogP contribution < -0.4 is 0 Å². The van der Waals surface area contributed by atoms with E-state index in [1.165, 1.54) is 12.1 Å².